The second kappa shape index (κ2) is 6.23. The number of halogens is 2. The van der Waals surface area contributed by atoms with Crippen LogP contribution >= 0.6 is 23.2 Å². The van der Waals surface area contributed by atoms with Crippen LogP contribution in [0.2, 0.25) is 10.0 Å². The maximum absolute atomic E-state index is 12.6. The van der Waals surface area contributed by atoms with Crippen LogP contribution in [0.15, 0.2) is 36.5 Å². The van der Waals surface area contributed by atoms with Gasteiger partial charge >= 0.3 is 6.03 Å². The van der Waals surface area contributed by atoms with E-state index in [1.165, 1.54) is 0 Å². The number of carbonyl (C=O) groups excluding carboxylic acids is 1. The van der Waals surface area contributed by atoms with Crippen LogP contribution in [0.4, 0.5) is 10.5 Å². The first-order valence-electron chi connectivity index (χ1n) is 7.20. The lowest BCUT2D eigenvalue weighted by Crippen LogP contribution is -2.35. The molecule has 1 aliphatic heterocycles. The molecule has 1 aromatic carbocycles. The van der Waals surface area contributed by atoms with Gasteiger partial charge in [0.15, 0.2) is 0 Å². The Morgan fingerprint density at radius 3 is 2.77 bits per heavy atom. The molecule has 2 amide bonds. The van der Waals surface area contributed by atoms with Crippen molar-refractivity contribution < 1.29 is 4.79 Å². The first-order valence-corrected chi connectivity index (χ1v) is 7.96. The zero-order valence-electron chi connectivity index (χ0n) is 12.2. The van der Waals surface area contributed by atoms with Gasteiger partial charge in [-0.25, -0.2) is 4.79 Å². The van der Waals surface area contributed by atoms with E-state index in [4.69, 9.17) is 23.2 Å². The lowest BCUT2D eigenvalue weighted by atomic mass is 10.1. The Balaban J connectivity index is 1.76. The van der Waals surface area contributed by atoms with E-state index in [2.05, 4.69) is 16.0 Å². The average Bonchev–Trinajstić information content (AvgIpc) is 3.11. The second-order valence-corrected chi connectivity index (χ2v) is 6.27. The van der Waals surface area contributed by atoms with Gasteiger partial charge in [0.25, 0.3) is 0 Å². The number of rotatable bonds is 2. The minimum atomic E-state index is -0.109. The Kier molecular flexibility index (Phi) is 4.32. The highest BCUT2D eigenvalue weighted by Crippen LogP contribution is 2.33. The molecule has 6 heteroatoms. The van der Waals surface area contributed by atoms with E-state index in [9.17, 15) is 4.79 Å². The fourth-order valence-electron chi connectivity index (χ4n) is 2.91. The van der Waals surface area contributed by atoms with Gasteiger partial charge in [-0.3, -0.25) is 0 Å². The number of anilines is 1. The summed E-state index contributed by atoms with van der Waals surface area (Å²) in [6, 6.07) is 9.16. The van der Waals surface area contributed by atoms with Crippen molar-refractivity contribution in [3.05, 3.63) is 52.3 Å². The monoisotopic (exact) mass is 337 g/mol. The van der Waals surface area contributed by atoms with Crippen LogP contribution in [0.1, 0.15) is 24.6 Å². The summed E-state index contributed by atoms with van der Waals surface area (Å²) in [6.45, 7) is 0.753. The van der Waals surface area contributed by atoms with Crippen molar-refractivity contribution in [1.29, 1.82) is 0 Å². The van der Waals surface area contributed by atoms with Crippen LogP contribution in [-0.2, 0) is 7.05 Å². The van der Waals surface area contributed by atoms with Gasteiger partial charge in [0.2, 0.25) is 0 Å². The Labute approximate surface area is 139 Å². The fraction of sp³-hybridized carbons (Fsp3) is 0.312. The van der Waals surface area contributed by atoms with Crippen molar-refractivity contribution in [2.75, 3.05) is 11.9 Å². The number of likely N-dealkylation sites (tertiary alicyclic amines) is 1. The molecule has 0 saturated carbocycles. The van der Waals surface area contributed by atoms with Crippen LogP contribution in [0, 0.1) is 0 Å². The zero-order chi connectivity index (χ0) is 15.7. The highest BCUT2D eigenvalue weighted by molar-refractivity contribution is 6.42. The molecule has 0 bridgehead atoms. The molecular weight excluding hydrogens is 321 g/mol. The molecule has 1 aromatic heterocycles. The van der Waals surface area contributed by atoms with Crippen LogP contribution < -0.4 is 5.32 Å². The molecule has 2 aromatic rings. The van der Waals surface area contributed by atoms with E-state index in [1.807, 2.05) is 24.2 Å². The van der Waals surface area contributed by atoms with Gasteiger partial charge in [-0.05, 0) is 43.2 Å². The normalized spacial score (nSPS) is 17.8. The van der Waals surface area contributed by atoms with E-state index < -0.39 is 0 Å². The predicted molar refractivity (Wildman–Crippen MR) is 89.6 cm³/mol. The number of hydrogen-bond acceptors (Lipinski definition) is 1. The topological polar surface area (TPSA) is 37.3 Å². The summed E-state index contributed by atoms with van der Waals surface area (Å²) >= 11 is 11.9. The lowest BCUT2D eigenvalue weighted by molar-refractivity contribution is 0.205. The molecule has 116 valence electrons. The molecule has 3 rings (SSSR count). The molecular formula is C16H17Cl2N3O. The van der Waals surface area contributed by atoms with E-state index in [1.54, 1.807) is 18.2 Å². The van der Waals surface area contributed by atoms with Gasteiger partial charge in [-0.15, -0.1) is 0 Å². The maximum Gasteiger partial charge on any atom is 0.322 e. The predicted octanol–water partition coefficient (Wildman–Crippen LogP) is 4.70. The summed E-state index contributed by atoms with van der Waals surface area (Å²) in [6.07, 6.45) is 3.99. The van der Waals surface area contributed by atoms with Gasteiger partial charge in [0, 0.05) is 31.2 Å². The highest BCUT2D eigenvalue weighted by Gasteiger charge is 2.31. The SMILES string of the molecule is Cn1cccc1C1CCCN1C(=O)Nc1ccc(Cl)c(Cl)c1. The number of carbonyl (C=O) groups is 1. The molecule has 1 atom stereocenters. The van der Waals surface area contributed by atoms with Gasteiger partial charge in [0.1, 0.15) is 0 Å². The summed E-state index contributed by atoms with van der Waals surface area (Å²) in [7, 11) is 2.00. The molecule has 2 heterocycles. The Morgan fingerprint density at radius 2 is 2.09 bits per heavy atom. The average molecular weight is 338 g/mol. The largest absolute Gasteiger partial charge is 0.353 e. The minimum Gasteiger partial charge on any atom is -0.353 e. The smallest absolute Gasteiger partial charge is 0.322 e. The van der Waals surface area contributed by atoms with Crippen LogP contribution in [0.5, 0.6) is 0 Å². The van der Waals surface area contributed by atoms with E-state index in [0.29, 0.717) is 15.7 Å². The Bertz CT molecular complexity index is 698. The van der Waals surface area contributed by atoms with Gasteiger partial charge in [-0.2, -0.15) is 0 Å². The van der Waals surface area contributed by atoms with Crippen molar-refractivity contribution in [1.82, 2.24) is 9.47 Å². The fourth-order valence-corrected chi connectivity index (χ4v) is 3.21. The molecule has 1 aliphatic rings. The third kappa shape index (κ3) is 2.94. The first-order chi connectivity index (χ1) is 10.6. The van der Waals surface area contributed by atoms with Gasteiger partial charge < -0.3 is 14.8 Å². The Hall–Kier alpha value is -1.65. The minimum absolute atomic E-state index is 0.109. The number of benzene rings is 1. The molecule has 1 unspecified atom stereocenters. The van der Waals surface area contributed by atoms with E-state index in [-0.39, 0.29) is 12.1 Å². The van der Waals surface area contributed by atoms with Crippen molar-refractivity contribution in [3.63, 3.8) is 0 Å². The summed E-state index contributed by atoms with van der Waals surface area (Å²) < 4.78 is 2.06. The van der Waals surface area contributed by atoms with E-state index in [0.717, 1.165) is 25.1 Å². The zero-order valence-corrected chi connectivity index (χ0v) is 13.7. The van der Waals surface area contributed by atoms with Crippen LogP contribution in [0.25, 0.3) is 0 Å². The number of nitrogens with zero attached hydrogens (tertiary/aromatic N) is 2. The van der Waals surface area contributed by atoms with Crippen molar-refractivity contribution in [2.45, 2.75) is 18.9 Å². The molecule has 1 fully saturated rings. The van der Waals surface area contributed by atoms with Gasteiger partial charge in [-0.1, -0.05) is 23.2 Å². The summed E-state index contributed by atoms with van der Waals surface area (Å²) in [5.74, 6) is 0. The second-order valence-electron chi connectivity index (χ2n) is 5.45. The van der Waals surface area contributed by atoms with Crippen LogP contribution in [-0.4, -0.2) is 22.0 Å². The molecule has 22 heavy (non-hydrogen) atoms. The van der Waals surface area contributed by atoms with Crippen molar-refractivity contribution in [3.8, 4) is 0 Å². The molecule has 0 radical (unpaired) electrons. The number of hydrogen-bond donors (Lipinski definition) is 1. The van der Waals surface area contributed by atoms with Gasteiger partial charge in [0.05, 0.1) is 16.1 Å². The molecule has 1 N–H and O–H groups in total. The third-order valence-corrected chi connectivity index (χ3v) is 4.75. The van der Waals surface area contributed by atoms with Crippen molar-refractivity contribution in [2.24, 2.45) is 7.05 Å². The standard InChI is InChI=1S/C16H17Cl2N3O/c1-20-8-2-4-14(20)15-5-3-9-21(15)16(22)19-11-6-7-12(17)13(18)10-11/h2,4,6-8,10,15H,3,5,9H2,1H3,(H,19,22). The molecule has 1 saturated heterocycles. The summed E-state index contributed by atoms with van der Waals surface area (Å²) in [4.78, 5) is 14.4. The highest BCUT2D eigenvalue weighted by atomic mass is 35.5. The number of nitrogens with one attached hydrogen (secondary N) is 1. The number of aromatic nitrogens is 1. The lowest BCUT2D eigenvalue weighted by Gasteiger charge is -2.25. The maximum atomic E-state index is 12.6. The number of aryl methyl sites for hydroxylation is 1. The number of urea groups is 1. The summed E-state index contributed by atoms with van der Waals surface area (Å²) in [5, 5.41) is 3.80. The quantitative estimate of drug-likeness (QED) is 0.847. The third-order valence-electron chi connectivity index (χ3n) is 4.01. The first kappa shape index (κ1) is 15.3. The van der Waals surface area contributed by atoms with E-state index >= 15 is 0 Å². The van der Waals surface area contributed by atoms with Crippen LogP contribution in [0.3, 0.4) is 0 Å². The molecule has 0 spiro atoms. The van der Waals surface area contributed by atoms with Crippen molar-refractivity contribution >= 4 is 34.9 Å². The summed E-state index contributed by atoms with van der Waals surface area (Å²) in [5.41, 5.74) is 1.80. The molecule has 4 nitrogen and oxygen atoms in total. The molecule has 0 aliphatic carbocycles. The Morgan fingerprint density at radius 1 is 1.27 bits per heavy atom. The number of amides is 2.